The molecule has 184 valence electrons. The summed E-state index contributed by atoms with van der Waals surface area (Å²) in [6.07, 6.45) is 1.08. The van der Waals surface area contributed by atoms with Crippen LogP contribution in [0.4, 0.5) is 0 Å². The predicted octanol–water partition coefficient (Wildman–Crippen LogP) is -0.0451. The molecule has 1 heterocycles. The summed E-state index contributed by atoms with van der Waals surface area (Å²) in [5, 5.41) is 34.6. The SMILES string of the molecule is CC(NC(=O)CC(O)Cc1ccc(O)c(O)c1)C(=O)N1CCCCC1C(=O)NCCN(C)C. The van der Waals surface area contributed by atoms with Crippen molar-refractivity contribution in [3.05, 3.63) is 23.8 Å². The van der Waals surface area contributed by atoms with Gasteiger partial charge < -0.3 is 35.8 Å². The molecule has 0 saturated carbocycles. The third-order valence-corrected chi connectivity index (χ3v) is 5.63. The zero-order chi connectivity index (χ0) is 24.5. The van der Waals surface area contributed by atoms with Gasteiger partial charge in [-0.1, -0.05) is 6.07 Å². The summed E-state index contributed by atoms with van der Waals surface area (Å²) >= 11 is 0. The number of aromatic hydroxyl groups is 2. The molecular formula is C23H36N4O6. The van der Waals surface area contributed by atoms with Gasteiger partial charge in [-0.15, -0.1) is 0 Å². The molecule has 33 heavy (non-hydrogen) atoms. The number of benzene rings is 1. The quantitative estimate of drug-likeness (QED) is 0.306. The van der Waals surface area contributed by atoms with Crippen LogP contribution in [0.2, 0.25) is 0 Å². The van der Waals surface area contributed by atoms with E-state index >= 15 is 0 Å². The highest BCUT2D eigenvalue weighted by Gasteiger charge is 2.34. The van der Waals surface area contributed by atoms with Gasteiger partial charge >= 0.3 is 0 Å². The largest absolute Gasteiger partial charge is 0.504 e. The van der Waals surface area contributed by atoms with Gasteiger partial charge in [0.15, 0.2) is 11.5 Å². The van der Waals surface area contributed by atoms with Gasteiger partial charge in [0, 0.05) is 19.6 Å². The van der Waals surface area contributed by atoms with Gasteiger partial charge in [0.25, 0.3) is 0 Å². The van der Waals surface area contributed by atoms with E-state index in [4.69, 9.17) is 0 Å². The Morgan fingerprint density at radius 2 is 1.91 bits per heavy atom. The Labute approximate surface area is 194 Å². The highest BCUT2D eigenvalue weighted by atomic mass is 16.3. The molecule has 1 aliphatic rings. The Kier molecular flexibility index (Phi) is 9.93. The maximum absolute atomic E-state index is 13.0. The first-order valence-corrected chi connectivity index (χ1v) is 11.3. The first-order chi connectivity index (χ1) is 15.6. The number of carbonyl (C=O) groups is 3. The van der Waals surface area contributed by atoms with Gasteiger partial charge in [-0.3, -0.25) is 14.4 Å². The van der Waals surface area contributed by atoms with Crippen LogP contribution in [0, 0.1) is 0 Å². The van der Waals surface area contributed by atoms with E-state index in [1.807, 2.05) is 19.0 Å². The second-order valence-electron chi connectivity index (χ2n) is 8.81. The van der Waals surface area contributed by atoms with Crippen molar-refractivity contribution < 1.29 is 29.7 Å². The average Bonchev–Trinajstić information content (AvgIpc) is 2.75. The molecule has 1 aliphatic heterocycles. The van der Waals surface area contributed by atoms with E-state index in [0.29, 0.717) is 31.6 Å². The second kappa shape index (κ2) is 12.4. The smallest absolute Gasteiger partial charge is 0.245 e. The topological polar surface area (TPSA) is 142 Å². The molecule has 0 aliphatic carbocycles. The highest BCUT2D eigenvalue weighted by Crippen LogP contribution is 2.25. The minimum Gasteiger partial charge on any atom is -0.504 e. The molecule has 1 saturated heterocycles. The molecule has 1 aromatic rings. The average molecular weight is 465 g/mol. The third-order valence-electron chi connectivity index (χ3n) is 5.63. The van der Waals surface area contributed by atoms with E-state index in [2.05, 4.69) is 10.6 Å². The molecule has 0 spiro atoms. The minimum absolute atomic E-state index is 0.102. The molecule has 1 fully saturated rings. The molecule has 10 heteroatoms. The number of aliphatic hydroxyl groups excluding tert-OH is 1. The molecular weight excluding hydrogens is 428 g/mol. The standard InChI is InChI=1S/C23H36N4O6/c1-15(25-21(31)14-17(28)12-16-7-8-19(29)20(30)13-16)23(33)27-10-5-4-6-18(27)22(32)24-9-11-26(2)3/h7-8,13,15,17-18,28-30H,4-6,9-12,14H2,1-3H3,(H,24,32)(H,25,31). The number of aliphatic hydroxyl groups is 1. The van der Waals surface area contributed by atoms with Crippen LogP contribution in [0.5, 0.6) is 11.5 Å². The Balaban J connectivity index is 1.87. The number of carbonyl (C=O) groups excluding carboxylic acids is 3. The summed E-state index contributed by atoms with van der Waals surface area (Å²) in [5.74, 6) is -1.56. The van der Waals surface area contributed by atoms with Gasteiger partial charge in [0.2, 0.25) is 17.7 Å². The number of hydrogen-bond acceptors (Lipinski definition) is 7. The van der Waals surface area contributed by atoms with Crippen molar-refractivity contribution in [1.29, 1.82) is 0 Å². The van der Waals surface area contributed by atoms with Crippen molar-refractivity contribution in [3.8, 4) is 11.5 Å². The van der Waals surface area contributed by atoms with Gasteiger partial charge in [-0.25, -0.2) is 0 Å². The zero-order valence-corrected chi connectivity index (χ0v) is 19.6. The van der Waals surface area contributed by atoms with Crippen molar-refractivity contribution in [2.75, 3.05) is 33.7 Å². The summed E-state index contributed by atoms with van der Waals surface area (Å²) in [4.78, 5) is 41.5. The normalized spacial score (nSPS) is 18.0. The fraction of sp³-hybridized carbons (Fsp3) is 0.609. The Morgan fingerprint density at radius 1 is 1.18 bits per heavy atom. The number of hydrogen-bond donors (Lipinski definition) is 5. The van der Waals surface area contributed by atoms with Gasteiger partial charge in [0.1, 0.15) is 12.1 Å². The van der Waals surface area contributed by atoms with Crippen LogP contribution in [-0.2, 0) is 20.8 Å². The number of likely N-dealkylation sites (N-methyl/N-ethyl adjacent to an activating group) is 1. The number of phenols is 2. The van der Waals surface area contributed by atoms with Crippen LogP contribution in [0.15, 0.2) is 18.2 Å². The summed E-state index contributed by atoms with van der Waals surface area (Å²) in [6.45, 7) is 3.22. The highest BCUT2D eigenvalue weighted by molar-refractivity contribution is 5.92. The van der Waals surface area contributed by atoms with E-state index in [1.54, 1.807) is 13.0 Å². The zero-order valence-electron chi connectivity index (χ0n) is 19.6. The molecule has 0 aromatic heterocycles. The van der Waals surface area contributed by atoms with E-state index in [0.717, 1.165) is 12.8 Å². The number of likely N-dealkylation sites (tertiary alicyclic amines) is 1. The summed E-state index contributed by atoms with van der Waals surface area (Å²) < 4.78 is 0. The number of nitrogens with zero attached hydrogens (tertiary/aromatic N) is 2. The fourth-order valence-corrected chi connectivity index (χ4v) is 3.85. The lowest BCUT2D eigenvalue weighted by atomic mass is 10.00. The summed E-state index contributed by atoms with van der Waals surface area (Å²) in [5.41, 5.74) is 0.561. The third kappa shape index (κ3) is 8.21. The molecule has 3 atom stereocenters. The Hall–Kier alpha value is -2.85. The van der Waals surface area contributed by atoms with Crippen molar-refractivity contribution >= 4 is 17.7 Å². The van der Waals surface area contributed by atoms with E-state index in [-0.39, 0.29) is 36.2 Å². The van der Waals surface area contributed by atoms with Gasteiger partial charge in [-0.05, 0) is 64.4 Å². The van der Waals surface area contributed by atoms with Crippen LogP contribution in [0.25, 0.3) is 0 Å². The molecule has 2 rings (SSSR count). The lowest BCUT2D eigenvalue weighted by molar-refractivity contribution is -0.144. The van der Waals surface area contributed by atoms with Crippen LogP contribution in [-0.4, -0.2) is 94.8 Å². The molecule has 0 bridgehead atoms. The molecule has 10 nitrogen and oxygen atoms in total. The molecule has 1 aromatic carbocycles. The first kappa shape index (κ1) is 26.4. The molecule has 5 N–H and O–H groups in total. The van der Waals surface area contributed by atoms with Crippen molar-refractivity contribution in [2.45, 2.75) is 57.2 Å². The summed E-state index contributed by atoms with van der Waals surface area (Å²) in [7, 11) is 3.83. The monoisotopic (exact) mass is 464 g/mol. The lowest BCUT2D eigenvalue weighted by Crippen LogP contribution is -2.57. The maximum Gasteiger partial charge on any atom is 0.245 e. The van der Waals surface area contributed by atoms with Crippen molar-refractivity contribution in [2.24, 2.45) is 0 Å². The number of nitrogens with one attached hydrogen (secondary N) is 2. The second-order valence-corrected chi connectivity index (χ2v) is 8.81. The van der Waals surface area contributed by atoms with Crippen LogP contribution in [0.1, 0.15) is 38.2 Å². The number of piperidine rings is 1. The van der Waals surface area contributed by atoms with E-state index in [9.17, 15) is 29.7 Å². The molecule has 3 amide bonds. The number of phenolic OH excluding ortho intramolecular Hbond substituents is 2. The van der Waals surface area contributed by atoms with Crippen molar-refractivity contribution in [3.63, 3.8) is 0 Å². The van der Waals surface area contributed by atoms with Crippen LogP contribution >= 0.6 is 0 Å². The first-order valence-electron chi connectivity index (χ1n) is 11.3. The van der Waals surface area contributed by atoms with Gasteiger partial charge in [0.05, 0.1) is 12.5 Å². The predicted molar refractivity (Wildman–Crippen MR) is 123 cm³/mol. The molecule has 3 unspecified atom stereocenters. The minimum atomic E-state index is -1.03. The number of amides is 3. The fourth-order valence-electron chi connectivity index (χ4n) is 3.85. The van der Waals surface area contributed by atoms with Crippen LogP contribution < -0.4 is 10.6 Å². The van der Waals surface area contributed by atoms with E-state index < -0.39 is 24.1 Å². The maximum atomic E-state index is 13.0. The molecule has 0 radical (unpaired) electrons. The van der Waals surface area contributed by atoms with Gasteiger partial charge in [-0.2, -0.15) is 0 Å². The Bertz CT molecular complexity index is 831. The number of rotatable bonds is 10. The Morgan fingerprint density at radius 3 is 2.58 bits per heavy atom. The lowest BCUT2D eigenvalue weighted by Gasteiger charge is -2.36. The van der Waals surface area contributed by atoms with Crippen LogP contribution in [0.3, 0.4) is 0 Å². The summed E-state index contributed by atoms with van der Waals surface area (Å²) in [6, 6.07) is 2.78. The van der Waals surface area contributed by atoms with E-state index in [1.165, 1.54) is 17.0 Å². The van der Waals surface area contributed by atoms with Crippen molar-refractivity contribution in [1.82, 2.24) is 20.4 Å².